The molecular weight excluding hydrogens is 318 g/mol. The van der Waals surface area contributed by atoms with Crippen LogP contribution in [0.5, 0.6) is 0 Å². The van der Waals surface area contributed by atoms with Crippen molar-refractivity contribution in [1.29, 1.82) is 0 Å². The lowest BCUT2D eigenvalue weighted by atomic mass is 9.86. The Kier molecular flexibility index (Phi) is 6.40. The third kappa shape index (κ3) is 4.35. The summed E-state index contributed by atoms with van der Waals surface area (Å²) in [5, 5.41) is 0. The second-order valence-corrected chi connectivity index (χ2v) is 9.74. The summed E-state index contributed by atoms with van der Waals surface area (Å²) >= 11 is -1.11. The molecule has 1 aliphatic heterocycles. The van der Waals surface area contributed by atoms with Gasteiger partial charge in [0.15, 0.2) is 0 Å². The maximum Gasteiger partial charge on any atom is 0.137 e. The van der Waals surface area contributed by atoms with E-state index in [0.717, 1.165) is 19.3 Å². The number of nitrogens with zero attached hydrogens (tertiary/aromatic N) is 1. The first-order valence-electron chi connectivity index (χ1n) is 8.85. The molecule has 1 aliphatic rings. The quantitative estimate of drug-likeness (QED) is 0.691. The first-order chi connectivity index (χ1) is 11.3. The fourth-order valence-corrected chi connectivity index (χ4v) is 4.67. The molecule has 1 aromatic rings. The Morgan fingerprint density at radius 3 is 2.46 bits per heavy atom. The molecule has 0 amide bonds. The number of benzene rings is 1. The molecule has 0 aliphatic carbocycles. The van der Waals surface area contributed by atoms with Crippen LogP contribution in [0.25, 0.3) is 0 Å². The summed E-state index contributed by atoms with van der Waals surface area (Å²) in [6.07, 6.45) is 6.78. The predicted molar refractivity (Wildman–Crippen MR) is 102 cm³/mol. The molecule has 24 heavy (non-hydrogen) atoms. The molecule has 1 heterocycles. The number of hydrogen-bond acceptors (Lipinski definition) is 3. The van der Waals surface area contributed by atoms with Crippen molar-refractivity contribution < 1.29 is 9.29 Å². The van der Waals surface area contributed by atoms with Crippen molar-refractivity contribution in [2.45, 2.75) is 76.8 Å². The van der Waals surface area contributed by atoms with E-state index in [1.165, 1.54) is 5.56 Å². The van der Waals surface area contributed by atoms with Crippen LogP contribution >= 0.6 is 0 Å². The highest BCUT2D eigenvalue weighted by Crippen LogP contribution is 2.37. The molecule has 0 N–H and O–H groups in total. The molecule has 0 bridgehead atoms. The second kappa shape index (κ2) is 7.94. The van der Waals surface area contributed by atoms with E-state index in [-0.39, 0.29) is 16.4 Å². The second-order valence-electron chi connectivity index (χ2n) is 7.54. The molecule has 0 radical (unpaired) electrons. The Bertz CT molecular complexity index is 540. The van der Waals surface area contributed by atoms with Crippen molar-refractivity contribution in [3.05, 3.63) is 48.2 Å². The monoisotopic (exact) mass is 349 g/mol. The fraction of sp³-hybridized carbons (Fsp3) is 0.600. The summed E-state index contributed by atoms with van der Waals surface area (Å²) in [4.78, 5) is 0. The van der Waals surface area contributed by atoms with Gasteiger partial charge in [-0.3, -0.25) is 0 Å². The van der Waals surface area contributed by atoms with Crippen molar-refractivity contribution in [1.82, 2.24) is 4.31 Å². The zero-order valence-corrected chi connectivity index (χ0v) is 16.4. The van der Waals surface area contributed by atoms with E-state index in [1.54, 1.807) is 0 Å². The minimum absolute atomic E-state index is 0.0627. The molecule has 0 aromatic heterocycles. The van der Waals surface area contributed by atoms with Gasteiger partial charge < -0.3 is 9.29 Å². The SMILES string of the molecule is CC[C@]1([C@@H](C)N(Cc2ccccc2)[S+]([O-])C(C)(C)C)CCC=CO1. The Morgan fingerprint density at radius 2 is 1.96 bits per heavy atom. The van der Waals surface area contributed by atoms with E-state index < -0.39 is 11.4 Å². The van der Waals surface area contributed by atoms with E-state index in [4.69, 9.17) is 4.74 Å². The third-order valence-electron chi connectivity index (χ3n) is 4.84. The van der Waals surface area contributed by atoms with Crippen LogP contribution in [0.3, 0.4) is 0 Å². The number of rotatable bonds is 6. The summed E-state index contributed by atoms with van der Waals surface area (Å²) in [6.45, 7) is 11.1. The van der Waals surface area contributed by atoms with E-state index >= 15 is 0 Å². The highest BCUT2D eigenvalue weighted by Gasteiger charge is 2.46. The van der Waals surface area contributed by atoms with Gasteiger partial charge in [0.05, 0.1) is 18.8 Å². The van der Waals surface area contributed by atoms with Gasteiger partial charge in [-0.1, -0.05) is 37.3 Å². The van der Waals surface area contributed by atoms with Gasteiger partial charge in [-0.25, -0.2) is 0 Å². The standard InChI is InChI=1S/C20H31NO2S/c1-6-20(14-10-11-15-23-20)17(2)21(24(22)19(3,4)5)16-18-12-8-7-9-13-18/h7-9,11-13,15,17H,6,10,14,16H2,1-5H3/t17-,20-,24?/m1/s1. The first-order valence-corrected chi connectivity index (χ1v) is 9.96. The zero-order chi connectivity index (χ0) is 17.8. The van der Waals surface area contributed by atoms with Gasteiger partial charge in [0.2, 0.25) is 0 Å². The summed E-state index contributed by atoms with van der Waals surface area (Å²) in [7, 11) is 0. The lowest BCUT2D eigenvalue weighted by Crippen LogP contribution is -2.57. The van der Waals surface area contributed by atoms with Crippen LogP contribution in [0.2, 0.25) is 0 Å². The van der Waals surface area contributed by atoms with Crippen LogP contribution in [0.4, 0.5) is 0 Å². The molecule has 0 saturated carbocycles. The molecule has 1 unspecified atom stereocenters. The smallest absolute Gasteiger partial charge is 0.137 e. The molecule has 0 spiro atoms. The molecule has 0 saturated heterocycles. The predicted octanol–water partition coefficient (Wildman–Crippen LogP) is 4.81. The van der Waals surface area contributed by atoms with Crippen LogP contribution in [0, 0.1) is 0 Å². The van der Waals surface area contributed by atoms with Gasteiger partial charge in [0.1, 0.15) is 10.3 Å². The number of ether oxygens (including phenoxy) is 1. The van der Waals surface area contributed by atoms with Gasteiger partial charge in [-0.15, -0.1) is 4.31 Å². The Hall–Kier alpha value is -0.970. The van der Waals surface area contributed by atoms with Gasteiger partial charge >= 0.3 is 0 Å². The Morgan fingerprint density at radius 1 is 1.29 bits per heavy atom. The Balaban J connectivity index is 2.31. The van der Waals surface area contributed by atoms with Gasteiger partial charge in [0.25, 0.3) is 0 Å². The summed E-state index contributed by atoms with van der Waals surface area (Å²) in [6, 6.07) is 10.3. The highest BCUT2D eigenvalue weighted by atomic mass is 32.2. The molecule has 4 heteroatoms. The zero-order valence-electron chi connectivity index (χ0n) is 15.6. The average molecular weight is 350 g/mol. The van der Waals surface area contributed by atoms with E-state index in [2.05, 4.69) is 36.4 Å². The summed E-state index contributed by atoms with van der Waals surface area (Å²) in [5.74, 6) is 0. The van der Waals surface area contributed by atoms with Crippen LogP contribution < -0.4 is 0 Å². The lowest BCUT2D eigenvalue weighted by molar-refractivity contribution is -0.0489. The highest BCUT2D eigenvalue weighted by molar-refractivity contribution is 7.90. The molecular formula is C20H31NO2S. The topological polar surface area (TPSA) is 35.5 Å². The van der Waals surface area contributed by atoms with Crippen molar-refractivity contribution in [2.24, 2.45) is 0 Å². The lowest BCUT2D eigenvalue weighted by Gasteiger charge is -2.45. The van der Waals surface area contributed by atoms with E-state index in [1.807, 2.05) is 45.2 Å². The van der Waals surface area contributed by atoms with Crippen molar-refractivity contribution in [3.8, 4) is 0 Å². The average Bonchev–Trinajstić information content (AvgIpc) is 2.59. The fourth-order valence-electron chi connectivity index (χ4n) is 3.22. The summed E-state index contributed by atoms with van der Waals surface area (Å²) in [5.41, 5.74) is 0.907. The van der Waals surface area contributed by atoms with Gasteiger partial charge in [-0.05, 0) is 58.6 Å². The molecule has 1 aromatic carbocycles. The van der Waals surface area contributed by atoms with Crippen LogP contribution in [-0.2, 0) is 22.6 Å². The number of allylic oxidation sites excluding steroid dienone is 1. The normalized spacial score (nSPS) is 23.8. The van der Waals surface area contributed by atoms with Gasteiger partial charge in [0, 0.05) is 11.4 Å². The van der Waals surface area contributed by atoms with Crippen molar-refractivity contribution in [3.63, 3.8) is 0 Å². The van der Waals surface area contributed by atoms with Gasteiger partial charge in [-0.2, -0.15) is 0 Å². The van der Waals surface area contributed by atoms with E-state index in [0.29, 0.717) is 6.54 Å². The minimum Gasteiger partial charge on any atom is -0.597 e. The molecule has 3 nitrogen and oxygen atoms in total. The Labute approximate surface area is 150 Å². The van der Waals surface area contributed by atoms with Crippen LogP contribution in [-0.4, -0.2) is 25.2 Å². The minimum atomic E-state index is -1.11. The molecule has 0 fully saturated rings. The van der Waals surface area contributed by atoms with Crippen molar-refractivity contribution >= 4 is 11.4 Å². The molecule has 134 valence electrons. The summed E-state index contributed by atoms with van der Waals surface area (Å²) < 4.78 is 21.2. The third-order valence-corrected chi connectivity index (χ3v) is 6.76. The van der Waals surface area contributed by atoms with E-state index in [9.17, 15) is 4.55 Å². The first kappa shape index (κ1) is 19.4. The molecule has 3 atom stereocenters. The maximum absolute atomic E-state index is 13.3. The maximum atomic E-state index is 13.3. The van der Waals surface area contributed by atoms with Crippen LogP contribution in [0.1, 0.15) is 59.4 Å². The van der Waals surface area contributed by atoms with Crippen LogP contribution in [0.15, 0.2) is 42.7 Å². The molecule has 2 rings (SSSR count). The largest absolute Gasteiger partial charge is 0.597 e. The van der Waals surface area contributed by atoms with Crippen molar-refractivity contribution in [2.75, 3.05) is 0 Å². The number of hydrogen-bond donors (Lipinski definition) is 0.